The van der Waals surface area contributed by atoms with E-state index in [1.54, 1.807) is 0 Å². The van der Waals surface area contributed by atoms with Crippen LogP contribution in [0.5, 0.6) is 0 Å². The van der Waals surface area contributed by atoms with Gasteiger partial charge in [-0.3, -0.25) is 14.7 Å². The summed E-state index contributed by atoms with van der Waals surface area (Å²) in [5.41, 5.74) is 3.43. The van der Waals surface area contributed by atoms with Gasteiger partial charge < -0.3 is 4.90 Å². The first-order valence-corrected chi connectivity index (χ1v) is 8.21. The molecule has 24 heavy (non-hydrogen) atoms. The van der Waals surface area contributed by atoms with Gasteiger partial charge in [-0.15, -0.1) is 12.4 Å². The van der Waals surface area contributed by atoms with Crippen molar-refractivity contribution in [2.45, 2.75) is 19.3 Å². The lowest BCUT2D eigenvalue weighted by Crippen LogP contribution is -2.42. The second-order valence-corrected chi connectivity index (χ2v) is 6.09. The van der Waals surface area contributed by atoms with Crippen molar-refractivity contribution in [3.8, 4) is 0 Å². The zero-order valence-corrected chi connectivity index (χ0v) is 14.8. The lowest BCUT2D eigenvalue weighted by molar-refractivity contribution is -0.119. The molecule has 2 heterocycles. The van der Waals surface area contributed by atoms with Gasteiger partial charge >= 0.3 is 0 Å². The summed E-state index contributed by atoms with van der Waals surface area (Å²) in [5, 5.41) is 0. The molecule has 1 aromatic heterocycles. The van der Waals surface area contributed by atoms with E-state index in [1.165, 1.54) is 5.56 Å². The fourth-order valence-corrected chi connectivity index (χ4v) is 3.04. The van der Waals surface area contributed by atoms with Crippen LogP contribution in [0.4, 0.5) is 5.69 Å². The number of anilines is 1. The minimum Gasteiger partial charge on any atom is -0.311 e. The Morgan fingerprint density at radius 1 is 1.21 bits per heavy atom. The zero-order chi connectivity index (χ0) is 16.1. The van der Waals surface area contributed by atoms with Crippen LogP contribution in [-0.4, -0.2) is 42.5 Å². The van der Waals surface area contributed by atoms with Crippen molar-refractivity contribution in [1.82, 2.24) is 9.88 Å². The molecule has 0 bridgehead atoms. The predicted octanol–water partition coefficient (Wildman–Crippen LogP) is 2.96. The van der Waals surface area contributed by atoms with E-state index >= 15 is 0 Å². The molecular formula is C19H24ClN3O. The summed E-state index contributed by atoms with van der Waals surface area (Å²) in [6, 6.07) is 14.2. The van der Waals surface area contributed by atoms with Gasteiger partial charge in [-0.1, -0.05) is 24.3 Å². The molecule has 0 fully saturated rings. The summed E-state index contributed by atoms with van der Waals surface area (Å²) in [6.45, 7) is 2.10. The number of aryl methyl sites for hydroxylation is 1. The Balaban J connectivity index is 0.00000208. The van der Waals surface area contributed by atoms with Crippen LogP contribution in [0.3, 0.4) is 0 Å². The molecule has 0 saturated carbocycles. The van der Waals surface area contributed by atoms with Crippen LogP contribution in [0.15, 0.2) is 48.7 Å². The number of aromatic nitrogens is 1. The molecule has 0 unspecified atom stereocenters. The van der Waals surface area contributed by atoms with E-state index in [0.29, 0.717) is 6.54 Å². The van der Waals surface area contributed by atoms with E-state index < -0.39 is 0 Å². The molecule has 0 spiro atoms. The predicted molar refractivity (Wildman–Crippen MR) is 99.8 cm³/mol. The molecule has 1 aromatic carbocycles. The SMILES string of the molecule is CN(CCc1ccccn1)CC(=O)N1CCCc2ccccc21.Cl. The molecule has 0 saturated heterocycles. The minimum absolute atomic E-state index is 0. The third-order valence-corrected chi connectivity index (χ3v) is 4.29. The number of carbonyl (C=O) groups is 1. The van der Waals surface area contributed by atoms with Crippen molar-refractivity contribution >= 4 is 24.0 Å². The molecule has 0 atom stereocenters. The summed E-state index contributed by atoms with van der Waals surface area (Å²) in [7, 11) is 2.00. The first-order chi connectivity index (χ1) is 11.2. The molecule has 0 aliphatic carbocycles. The summed E-state index contributed by atoms with van der Waals surface area (Å²) < 4.78 is 0. The quantitative estimate of drug-likeness (QED) is 0.836. The van der Waals surface area contributed by atoms with Crippen molar-refractivity contribution in [1.29, 1.82) is 0 Å². The highest BCUT2D eigenvalue weighted by Gasteiger charge is 2.22. The second-order valence-electron chi connectivity index (χ2n) is 6.09. The first-order valence-electron chi connectivity index (χ1n) is 8.21. The maximum absolute atomic E-state index is 12.7. The maximum atomic E-state index is 12.7. The monoisotopic (exact) mass is 345 g/mol. The van der Waals surface area contributed by atoms with E-state index in [-0.39, 0.29) is 18.3 Å². The number of para-hydroxylation sites is 1. The number of hydrogen-bond donors (Lipinski definition) is 0. The number of fused-ring (bicyclic) bond motifs is 1. The van der Waals surface area contributed by atoms with Crippen LogP contribution in [-0.2, 0) is 17.6 Å². The number of benzene rings is 1. The average Bonchev–Trinajstić information content (AvgIpc) is 2.60. The smallest absolute Gasteiger partial charge is 0.241 e. The van der Waals surface area contributed by atoms with Crippen LogP contribution in [0.2, 0.25) is 0 Å². The molecule has 1 aliphatic rings. The zero-order valence-electron chi connectivity index (χ0n) is 14.0. The molecular weight excluding hydrogens is 322 g/mol. The highest BCUT2D eigenvalue weighted by molar-refractivity contribution is 5.95. The third-order valence-electron chi connectivity index (χ3n) is 4.29. The topological polar surface area (TPSA) is 36.4 Å². The normalized spacial score (nSPS) is 13.3. The van der Waals surface area contributed by atoms with Crippen molar-refractivity contribution < 1.29 is 4.79 Å². The Morgan fingerprint density at radius 2 is 2.00 bits per heavy atom. The third kappa shape index (κ3) is 4.56. The van der Waals surface area contributed by atoms with Crippen LogP contribution in [0.1, 0.15) is 17.7 Å². The summed E-state index contributed by atoms with van der Waals surface area (Å²) in [6.07, 6.45) is 4.78. The number of rotatable bonds is 5. The fraction of sp³-hybridized carbons (Fsp3) is 0.368. The Morgan fingerprint density at radius 3 is 2.79 bits per heavy atom. The van der Waals surface area contributed by atoms with E-state index in [0.717, 1.165) is 43.7 Å². The van der Waals surface area contributed by atoms with Gasteiger partial charge in [0.15, 0.2) is 0 Å². The van der Waals surface area contributed by atoms with Crippen molar-refractivity contribution in [2.75, 3.05) is 31.6 Å². The summed E-state index contributed by atoms with van der Waals surface area (Å²) in [5.74, 6) is 0.181. The molecule has 5 heteroatoms. The molecule has 0 N–H and O–H groups in total. The van der Waals surface area contributed by atoms with Gasteiger partial charge in [-0.25, -0.2) is 0 Å². The number of amides is 1. The average molecular weight is 346 g/mol. The number of likely N-dealkylation sites (N-methyl/N-ethyl adjacent to an activating group) is 1. The summed E-state index contributed by atoms with van der Waals surface area (Å²) in [4.78, 5) is 21.0. The van der Waals surface area contributed by atoms with Crippen molar-refractivity contribution in [2.24, 2.45) is 0 Å². The molecule has 4 nitrogen and oxygen atoms in total. The van der Waals surface area contributed by atoms with Crippen molar-refractivity contribution in [3.05, 3.63) is 59.9 Å². The molecule has 1 amide bonds. The first kappa shape index (κ1) is 18.4. The van der Waals surface area contributed by atoms with E-state index in [4.69, 9.17) is 0 Å². The highest BCUT2D eigenvalue weighted by atomic mass is 35.5. The van der Waals surface area contributed by atoms with Crippen LogP contribution in [0.25, 0.3) is 0 Å². The largest absolute Gasteiger partial charge is 0.311 e. The summed E-state index contributed by atoms with van der Waals surface area (Å²) >= 11 is 0. The lowest BCUT2D eigenvalue weighted by Gasteiger charge is -2.31. The van der Waals surface area contributed by atoms with Crippen molar-refractivity contribution in [3.63, 3.8) is 0 Å². The van der Waals surface area contributed by atoms with Gasteiger partial charge in [0, 0.05) is 37.1 Å². The van der Waals surface area contributed by atoms with Gasteiger partial charge in [0.25, 0.3) is 0 Å². The maximum Gasteiger partial charge on any atom is 0.241 e. The lowest BCUT2D eigenvalue weighted by atomic mass is 10.0. The molecule has 1 aliphatic heterocycles. The molecule has 3 rings (SSSR count). The molecule has 128 valence electrons. The van der Waals surface area contributed by atoms with Crippen LogP contribution in [0, 0.1) is 0 Å². The number of halogens is 1. The van der Waals surface area contributed by atoms with E-state index in [2.05, 4.69) is 22.0 Å². The van der Waals surface area contributed by atoms with E-state index in [1.807, 2.05) is 48.5 Å². The second kappa shape index (κ2) is 8.81. The molecule has 2 aromatic rings. The Hall–Kier alpha value is -1.91. The van der Waals surface area contributed by atoms with Gasteiger partial charge in [0.05, 0.1) is 6.54 Å². The number of pyridine rings is 1. The standard InChI is InChI=1S/C19H23N3O.ClH/c1-21(14-11-17-9-4-5-12-20-17)15-19(23)22-13-6-8-16-7-2-3-10-18(16)22;/h2-5,7,9-10,12H,6,8,11,13-15H2,1H3;1H. The van der Waals surface area contributed by atoms with Crippen LogP contribution < -0.4 is 4.90 Å². The fourth-order valence-electron chi connectivity index (χ4n) is 3.04. The Labute approximate surface area is 149 Å². The number of carbonyl (C=O) groups excluding carboxylic acids is 1. The minimum atomic E-state index is 0. The van der Waals surface area contributed by atoms with Gasteiger partial charge in [0.1, 0.15) is 0 Å². The Bertz CT molecular complexity index is 663. The van der Waals surface area contributed by atoms with E-state index in [9.17, 15) is 4.79 Å². The highest BCUT2D eigenvalue weighted by Crippen LogP contribution is 2.26. The van der Waals surface area contributed by atoms with Gasteiger partial charge in [-0.05, 0) is 43.7 Å². The van der Waals surface area contributed by atoms with Crippen LogP contribution >= 0.6 is 12.4 Å². The molecule has 0 radical (unpaired) electrons. The van der Waals surface area contributed by atoms with Gasteiger partial charge in [0.2, 0.25) is 5.91 Å². The Kier molecular flexibility index (Phi) is 6.76. The van der Waals surface area contributed by atoms with Gasteiger partial charge in [-0.2, -0.15) is 0 Å². The number of nitrogens with zero attached hydrogens (tertiary/aromatic N) is 3. The number of hydrogen-bond acceptors (Lipinski definition) is 3.